The van der Waals surface area contributed by atoms with Crippen LogP contribution < -0.4 is 11.3 Å². The Morgan fingerprint density at radius 3 is 2.00 bits per heavy atom. The number of anilines is 1. The topological polar surface area (TPSA) is 92.4 Å². The molecular formula is C16H16N2O3S. The minimum absolute atomic E-state index is 0.0741. The maximum absolute atomic E-state index is 10.4. The molecule has 114 valence electrons. The molecule has 4 N–H and O–H groups in total. The van der Waals surface area contributed by atoms with E-state index in [4.69, 9.17) is 10.4 Å². The van der Waals surface area contributed by atoms with Crippen LogP contribution >= 0.6 is 0 Å². The first kappa shape index (κ1) is 16.0. The summed E-state index contributed by atoms with van der Waals surface area (Å²) in [5.41, 5.74) is 3.64. The van der Waals surface area contributed by atoms with E-state index in [2.05, 4.69) is 17.6 Å². The summed E-state index contributed by atoms with van der Waals surface area (Å²) in [6.45, 7) is 0. The molecule has 22 heavy (non-hydrogen) atoms. The number of hydrogen-bond donors (Lipinski definition) is 3. The van der Waals surface area contributed by atoms with E-state index in [0.29, 0.717) is 0 Å². The first-order valence-corrected chi connectivity index (χ1v) is 7.93. The molecule has 0 spiro atoms. The molecule has 0 saturated heterocycles. The van der Waals surface area contributed by atoms with Crippen LogP contribution in [-0.4, -0.2) is 13.0 Å². The summed E-state index contributed by atoms with van der Waals surface area (Å²) < 4.78 is 29.2. The highest BCUT2D eigenvalue weighted by atomic mass is 32.2. The first-order valence-electron chi connectivity index (χ1n) is 6.49. The number of fused-ring (bicyclic) bond motifs is 1. The van der Waals surface area contributed by atoms with Crippen LogP contribution in [0, 0.1) is 0 Å². The van der Waals surface area contributed by atoms with Crippen LogP contribution in [0.4, 0.5) is 5.69 Å². The van der Waals surface area contributed by atoms with Gasteiger partial charge in [0.05, 0.1) is 10.6 Å². The largest absolute Gasteiger partial charge is 0.324 e. The summed E-state index contributed by atoms with van der Waals surface area (Å²) in [5.74, 6) is 5.37. The van der Waals surface area contributed by atoms with Gasteiger partial charge in [-0.3, -0.25) is 10.4 Å². The normalized spacial score (nSPS) is 10.6. The maximum Gasteiger partial charge on any atom is 0.294 e. The van der Waals surface area contributed by atoms with Gasteiger partial charge in [-0.05, 0) is 23.6 Å². The number of hydrogen-bond acceptors (Lipinski definition) is 4. The molecule has 3 aromatic rings. The van der Waals surface area contributed by atoms with Crippen LogP contribution in [0.15, 0.2) is 77.7 Å². The van der Waals surface area contributed by atoms with Crippen molar-refractivity contribution in [2.24, 2.45) is 5.84 Å². The highest BCUT2D eigenvalue weighted by Crippen LogP contribution is 2.21. The average Bonchev–Trinajstić information content (AvgIpc) is 2.55. The Bertz CT molecular complexity index is 844. The van der Waals surface area contributed by atoms with Crippen LogP contribution in [0.3, 0.4) is 0 Å². The van der Waals surface area contributed by atoms with E-state index < -0.39 is 10.1 Å². The lowest BCUT2D eigenvalue weighted by Crippen LogP contribution is -2.06. The molecule has 0 unspecified atom stereocenters. The van der Waals surface area contributed by atoms with Gasteiger partial charge >= 0.3 is 0 Å². The van der Waals surface area contributed by atoms with Gasteiger partial charge in [0.1, 0.15) is 0 Å². The van der Waals surface area contributed by atoms with E-state index in [1.807, 2.05) is 30.3 Å². The van der Waals surface area contributed by atoms with Gasteiger partial charge in [0.15, 0.2) is 0 Å². The fourth-order valence-electron chi connectivity index (χ4n) is 1.94. The van der Waals surface area contributed by atoms with Crippen LogP contribution in [0.25, 0.3) is 10.8 Å². The fraction of sp³-hybridized carbons (Fsp3) is 0. The van der Waals surface area contributed by atoms with Crippen LogP contribution in [0.1, 0.15) is 0 Å². The smallest absolute Gasteiger partial charge is 0.294 e. The van der Waals surface area contributed by atoms with Crippen molar-refractivity contribution in [3.05, 3.63) is 72.8 Å². The summed E-state index contributed by atoms with van der Waals surface area (Å²) >= 11 is 0. The Balaban J connectivity index is 0.000000164. The van der Waals surface area contributed by atoms with Gasteiger partial charge < -0.3 is 5.43 Å². The van der Waals surface area contributed by atoms with Crippen molar-refractivity contribution >= 4 is 26.6 Å². The maximum atomic E-state index is 10.4. The second-order valence-electron chi connectivity index (χ2n) is 4.46. The van der Waals surface area contributed by atoms with Gasteiger partial charge in [-0.2, -0.15) is 8.42 Å². The third-order valence-electron chi connectivity index (χ3n) is 2.99. The molecule has 3 aromatic carbocycles. The average molecular weight is 316 g/mol. The Labute approximate surface area is 129 Å². The number of nitrogens with two attached hydrogens (primary N) is 1. The number of benzene rings is 3. The number of nitrogens with one attached hydrogen (secondary N) is 1. The van der Waals surface area contributed by atoms with Crippen molar-refractivity contribution < 1.29 is 13.0 Å². The number of hydrazine groups is 1. The molecule has 0 aliphatic rings. The zero-order valence-corrected chi connectivity index (χ0v) is 12.5. The predicted molar refractivity (Wildman–Crippen MR) is 88.0 cm³/mol. The molecule has 0 saturated carbocycles. The van der Waals surface area contributed by atoms with Crippen molar-refractivity contribution in [1.82, 2.24) is 0 Å². The van der Waals surface area contributed by atoms with Gasteiger partial charge in [-0.25, -0.2) is 0 Å². The minimum atomic E-state index is -4.00. The third kappa shape index (κ3) is 4.05. The Hall–Kier alpha value is -2.41. The summed E-state index contributed by atoms with van der Waals surface area (Å²) in [5, 5.41) is 2.36. The monoisotopic (exact) mass is 316 g/mol. The lowest BCUT2D eigenvalue weighted by molar-refractivity contribution is 0.483. The van der Waals surface area contributed by atoms with Crippen LogP contribution in [-0.2, 0) is 10.1 Å². The molecular weight excluding hydrogens is 300 g/mol. The number of nitrogen functional groups attached to an aromatic ring is 1. The molecule has 0 aromatic heterocycles. The molecule has 0 atom stereocenters. The highest BCUT2D eigenvalue weighted by Gasteiger charge is 2.05. The van der Waals surface area contributed by atoms with Crippen molar-refractivity contribution in [1.29, 1.82) is 0 Å². The summed E-state index contributed by atoms with van der Waals surface area (Å²) in [6.07, 6.45) is 0. The van der Waals surface area contributed by atoms with Gasteiger partial charge in [0, 0.05) is 5.39 Å². The first-order chi connectivity index (χ1) is 10.5. The van der Waals surface area contributed by atoms with E-state index in [0.717, 1.165) is 11.1 Å². The molecule has 0 aliphatic carbocycles. The summed E-state index contributed by atoms with van der Waals surface area (Å²) in [4.78, 5) is -0.0741. The highest BCUT2D eigenvalue weighted by molar-refractivity contribution is 7.85. The lowest BCUT2D eigenvalue weighted by atomic mass is 10.1. The standard InChI is InChI=1S/C10H10N2.C6H6O3S/c11-12-10-7-3-5-8-4-1-2-6-9(8)10;7-10(8,9)6-4-2-1-3-5-6/h1-7,12H,11H2;1-5H,(H,7,8,9). The van der Waals surface area contributed by atoms with E-state index in [1.54, 1.807) is 18.2 Å². The molecule has 0 fully saturated rings. The molecule has 0 amide bonds. The summed E-state index contributed by atoms with van der Waals surface area (Å²) in [6, 6.07) is 21.6. The quantitative estimate of drug-likeness (QED) is 0.384. The Morgan fingerprint density at radius 1 is 0.818 bits per heavy atom. The van der Waals surface area contributed by atoms with Gasteiger partial charge in [-0.15, -0.1) is 0 Å². The Morgan fingerprint density at radius 2 is 1.41 bits per heavy atom. The van der Waals surface area contributed by atoms with Crippen molar-refractivity contribution in [2.75, 3.05) is 5.43 Å². The molecule has 0 bridgehead atoms. The third-order valence-corrected chi connectivity index (χ3v) is 3.85. The molecule has 3 rings (SSSR count). The Kier molecular flexibility index (Phi) is 5.11. The molecule has 5 nitrogen and oxygen atoms in total. The predicted octanol–water partition coefficient (Wildman–Crippen LogP) is 3.06. The zero-order valence-electron chi connectivity index (χ0n) is 11.7. The molecule has 0 heterocycles. The lowest BCUT2D eigenvalue weighted by Gasteiger charge is -2.03. The number of rotatable bonds is 2. The summed E-state index contributed by atoms with van der Waals surface area (Å²) in [7, 11) is -4.00. The second-order valence-corrected chi connectivity index (χ2v) is 5.88. The van der Waals surface area contributed by atoms with Crippen molar-refractivity contribution in [3.63, 3.8) is 0 Å². The van der Waals surface area contributed by atoms with Gasteiger partial charge in [-0.1, -0.05) is 54.6 Å². The van der Waals surface area contributed by atoms with E-state index in [1.165, 1.54) is 17.5 Å². The molecule has 6 heteroatoms. The van der Waals surface area contributed by atoms with Crippen LogP contribution in [0.2, 0.25) is 0 Å². The van der Waals surface area contributed by atoms with Gasteiger partial charge in [0.2, 0.25) is 0 Å². The van der Waals surface area contributed by atoms with Crippen LogP contribution in [0.5, 0.6) is 0 Å². The van der Waals surface area contributed by atoms with E-state index >= 15 is 0 Å². The molecule has 0 aliphatic heterocycles. The fourth-order valence-corrected chi connectivity index (χ4v) is 2.44. The zero-order chi connectivity index (χ0) is 16.0. The minimum Gasteiger partial charge on any atom is -0.324 e. The van der Waals surface area contributed by atoms with E-state index in [9.17, 15) is 8.42 Å². The van der Waals surface area contributed by atoms with E-state index in [-0.39, 0.29) is 4.90 Å². The van der Waals surface area contributed by atoms with Crippen molar-refractivity contribution in [2.45, 2.75) is 4.90 Å². The van der Waals surface area contributed by atoms with Crippen molar-refractivity contribution in [3.8, 4) is 0 Å². The van der Waals surface area contributed by atoms with Gasteiger partial charge in [0.25, 0.3) is 10.1 Å². The SMILES string of the molecule is NNc1cccc2ccccc12.O=S(=O)(O)c1ccccc1. The molecule has 0 radical (unpaired) electrons. The second kappa shape index (κ2) is 7.04.